The van der Waals surface area contributed by atoms with Crippen LogP contribution in [-0.4, -0.2) is 4.57 Å². The molecule has 19 heavy (non-hydrogen) atoms. The standard InChI is InChI=1S/C13H9BrF3NO/c14-11-3-1-9(2-4-11)8-18-6-5-10(7-12(18)19)13(15,16)17/h1-7H,8H2. The monoisotopic (exact) mass is 331 g/mol. The first-order valence-corrected chi connectivity index (χ1v) is 6.18. The van der Waals surface area contributed by atoms with Gasteiger partial charge in [0.05, 0.1) is 12.1 Å². The minimum atomic E-state index is -4.49. The molecule has 0 spiro atoms. The van der Waals surface area contributed by atoms with Crippen molar-refractivity contribution >= 4 is 15.9 Å². The van der Waals surface area contributed by atoms with E-state index in [1.54, 1.807) is 12.1 Å². The van der Waals surface area contributed by atoms with Gasteiger partial charge >= 0.3 is 6.18 Å². The molecular formula is C13H9BrF3NO. The molecule has 0 amide bonds. The summed E-state index contributed by atoms with van der Waals surface area (Å²) in [5.74, 6) is 0. The Hall–Kier alpha value is -1.56. The molecule has 2 rings (SSSR count). The Morgan fingerprint density at radius 3 is 2.26 bits per heavy atom. The molecule has 6 heteroatoms. The lowest BCUT2D eigenvalue weighted by atomic mass is 10.2. The number of nitrogens with zero attached hydrogens (tertiary/aromatic N) is 1. The van der Waals surface area contributed by atoms with Crippen LogP contribution in [0, 0.1) is 0 Å². The Bertz CT molecular complexity index is 632. The second-order valence-corrected chi connectivity index (χ2v) is 4.92. The molecule has 1 aromatic carbocycles. The van der Waals surface area contributed by atoms with E-state index in [1.165, 1.54) is 4.57 Å². The van der Waals surface area contributed by atoms with Crippen LogP contribution in [0.3, 0.4) is 0 Å². The third-order valence-electron chi connectivity index (χ3n) is 2.59. The fourth-order valence-electron chi connectivity index (χ4n) is 1.60. The van der Waals surface area contributed by atoms with Crippen molar-refractivity contribution in [2.45, 2.75) is 12.7 Å². The van der Waals surface area contributed by atoms with Crippen molar-refractivity contribution in [1.82, 2.24) is 4.57 Å². The zero-order chi connectivity index (χ0) is 14.0. The molecule has 0 saturated carbocycles. The Morgan fingerprint density at radius 2 is 1.74 bits per heavy atom. The molecule has 2 nitrogen and oxygen atoms in total. The van der Waals surface area contributed by atoms with Gasteiger partial charge in [0, 0.05) is 16.7 Å². The molecule has 1 heterocycles. The van der Waals surface area contributed by atoms with Gasteiger partial charge in [-0.2, -0.15) is 13.2 Å². The van der Waals surface area contributed by atoms with Crippen LogP contribution < -0.4 is 5.56 Å². The molecule has 0 bridgehead atoms. The summed E-state index contributed by atoms with van der Waals surface area (Å²) in [4.78, 5) is 11.6. The first-order chi connectivity index (χ1) is 8.86. The summed E-state index contributed by atoms with van der Waals surface area (Å²) in [6.45, 7) is 0.240. The fourth-order valence-corrected chi connectivity index (χ4v) is 1.87. The van der Waals surface area contributed by atoms with Gasteiger partial charge in [-0.3, -0.25) is 4.79 Å². The van der Waals surface area contributed by atoms with Crippen molar-refractivity contribution < 1.29 is 13.2 Å². The molecular weight excluding hydrogens is 323 g/mol. The third kappa shape index (κ3) is 3.47. The van der Waals surface area contributed by atoms with E-state index in [-0.39, 0.29) is 6.54 Å². The summed E-state index contributed by atoms with van der Waals surface area (Å²) in [5.41, 5.74) is -0.757. The maximum Gasteiger partial charge on any atom is 0.416 e. The average Bonchev–Trinajstić information content (AvgIpc) is 2.33. The van der Waals surface area contributed by atoms with E-state index < -0.39 is 17.3 Å². The van der Waals surface area contributed by atoms with E-state index in [9.17, 15) is 18.0 Å². The van der Waals surface area contributed by atoms with Crippen LogP contribution in [0.25, 0.3) is 0 Å². The average molecular weight is 332 g/mol. The molecule has 0 saturated heterocycles. The third-order valence-corrected chi connectivity index (χ3v) is 3.12. The molecule has 0 unspecified atom stereocenters. The lowest BCUT2D eigenvalue weighted by molar-refractivity contribution is -0.137. The van der Waals surface area contributed by atoms with Crippen molar-refractivity contribution in [3.8, 4) is 0 Å². The highest BCUT2D eigenvalue weighted by Gasteiger charge is 2.30. The predicted octanol–water partition coefficient (Wildman–Crippen LogP) is 3.68. The van der Waals surface area contributed by atoms with Crippen LogP contribution in [0.1, 0.15) is 11.1 Å². The molecule has 0 atom stereocenters. The molecule has 0 aliphatic carbocycles. The summed E-state index contributed by atoms with van der Waals surface area (Å²) in [7, 11) is 0. The van der Waals surface area contributed by atoms with Crippen molar-refractivity contribution in [3.63, 3.8) is 0 Å². The number of rotatable bonds is 2. The molecule has 0 aliphatic heterocycles. The molecule has 100 valence electrons. The zero-order valence-corrected chi connectivity index (χ0v) is 11.2. The zero-order valence-electron chi connectivity index (χ0n) is 9.62. The number of alkyl halides is 3. The van der Waals surface area contributed by atoms with Gasteiger partial charge in [0.15, 0.2) is 0 Å². The Morgan fingerprint density at radius 1 is 1.11 bits per heavy atom. The molecule has 0 aliphatic rings. The number of benzene rings is 1. The minimum absolute atomic E-state index is 0.240. The lowest BCUT2D eigenvalue weighted by Crippen LogP contribution is -2.21. The molecule has 0 N–H and O–H groups in total. The van der Waals surface area contributed by atoms with Crippen LogP contribution in [0.15, 0.2) is 51.9 Å². The van der Waals surface area contributed by atoms with Gasteiger partial charge in [0.2, 0.25) is 0 Å². The summed E-state index contributed by atoms with van der Waals surface area (Å²) in [6, 6.07) is 8.73. The summed E-state index contributed by atoms with van der Waals surface area (Å²) in [6.07, 6.45) is -3.33. The lowest BCUT2D eigenvalue weighted by Gasteiger charge is -2.09. The number of halogens is 4. The van der Waals surface area contributed by atoms with Gasteiger partial charge in [-0.25, -0.2) is 0 Å². The normalized spacial score (nSPS) is 11.6. The van der Waals surface area contributed by atoms with E-state index in [1.807, 2.05) is 12.1 Å². The topological polar surface area (TPSA) is 22.0 Å². The molecule has 0 radical (unpaired) electrons. The van der Waals surface area contributed by atoms with E-state index in [0.717, 1.165) is 22.3 Å². The quantitative estimate of drug-likeness (QED) is 0.822. The fraction of sp³-hybridized carbons (Fsp3) is 0.154. The van der Waals surface area contributed by atoms with E-state index in [2.05, 4.69) is 15.9 Å². The van der Waals surface area contributed by atoms with Crippen LogP contribution in [0.2, 0.25) is 0 Å². The second kappa shape index (κ2) is 5.21. The number of hydrogen-bond donors (Lipinski definition) is 0. The summed E-state index contributed by atoms with van der Waals surface area (Å²) in [5, 5.41) is 0. The van der Waals surface area contributed by atoms with Crippen LogP contribution >= 0.6 is 15.9 Å². The maximum atomic E-state index is 12.4. The maximum absolute atomic E-state index is 12.4. The van der Waals surface area contributed by atoms with Gasteiger partial charge < -0.3 is 4.57 Å². The highest BCUT2D eigenvalue weighted by atomic mass is 79.9. The molecule has 1 aromatic heterocycles. The Balaban J connectivity index is 2.27. The highest BCUT2D eigenvalue weighted by molar-refractivity contribution is 9.10. The van der Waals surface area contributed by atoms with Crippen molar-refractivity contribution in [1.29, 1.82) is 0 Å². The van der Waals surface area contributed by atoms with E-state index in [4.69, 9.17) is 0 Å². The van der Waals surface area contributed by atoms with Crippen molar-refractivity contribution in [2.75, 3.05) is 0 Å². The van der Waals surface area contributed by atoms with Crippen molar-refractivity contribution in [2.24, 2.45) is 0 Å². The minimum Gasteiger partial charge on any atom is -0.311 e. The number of hydrogen-bond acceptors (Lipinski definition) is 1. The van der Waals surface area contributed by atoms with E-state index >= 15 is 0 Å². The van der Waals surface area contributed by atoms with Gasteiger partial charge in [-0.1, -0.05) is 28.1 Å². The van der Waals surface area contributed by atoms with E-state index in [0.29, 0.717) is 6.07 Å². The number of aromatic nitrogens is 1. The molecule has 0 fully saturated rings. The predicted molar refractivity (Wildman–Crippen MR) is 68.9 cm³/mol. The van der Waals surface area contributed by atoms with Gasteiger partial charge in [0.25, 0.3) is 5.56 Å². The van der Waals surface area contributed by atoms with Crippen molar-refractivity contribution in [3.05, 3.63) is 68.5 Å². The smallest absolute Gasteiger partial charge is 0.311 e. The SMILES string of the molecule is O=c1cc(C(F)(F)F)ccn1Cc1ccc(Br)cc1. The number of pyridine rings is 1. The Kier molecular flexibility index (Phi) is 3.80. The molecule has 2 aromatic rings. The first kappa shape index (κ1) is 13.9. The van der Waals surface area contributed by atoms with Gasteiger partial charge in [-0.15, -0.1) is 0 Å². The second-order valence-electron chi connectivity index (χ2n) is 4.01. The van der Waals surface area contributed by atoms with Crippen LogP contribution in [0.5, 0.6) is 0 Å². The summed E-state index contributed by atoms with van der Waals surface area (Å²) < 4.78 is 39.4. The van der Waals surface area contributed by atoms with Crippen LogP contribution in [0.4, 0.5) is 13.2 Å². The van der Waals surface area contributed by atoms with Crippen LogP contribution in [-0.2, 0) is 12.7 Å². The first-order valence-electron chi connectivity index (χ1n) is 5.38. The summed E-state index contributed by atoms with van der Waals surface area (Å²) >= 11 is 3.28. The highest BCUT2D eigenvalue weighted by Crippen LogP contribution is 2.27. The largest absolute Gasteiger partial charge is 0.416 e. The van der Waals surface area contributed by atoms with Gasteiger partial charge in [0.1, 0.15) is 0 Å². The van der Waals surface area contributed by atoms with Gasteiger partial charge in [-0.05, 0) is 23.8 Å². The Labute approximate surface area is 115 Å².